The standard InChI is InChI=1S/C28H27FN4O3S/c1-15-16(2)37-26(30-15)23-19(29)13-22(35)25-24(23)28(3,4)14-33(25)21-8-6-5-7-20(21)32-27(36)31-17-9-11-18(34)12-10-17/h5-13,34-35H,14H2,1-4H3,(H2,31,32,36). The van der Waals surface area contributed by atoms with Gasteiger partial charge in [0.15, 0.2) is 0 Å². The molecule has 1 aliphatic rings. The maximum absolute atomic E-state index is 15.4. The summed E-state index contributed by atoms with van der Waals surface area (Å²) >= 11 is 1.43. The molecule has 7 nitrogen and oxygen atoms in total. The zero-order valence-corrected chi connectivity index (χ0v) is 21.7. The molecule has 0 spiro atoms. The summed E-state index contributed by atoms with van der Waals surface area (Å²) in [6, 6.07) is 14.1. The van der Waals surface area contributed by atoms with Gasteiger partial charge in [-0.2, -0.15) is 0 Å². The topological polar surface area (TPSA) is 97.7 Å². The lowest BCUT2D eigenvalue weighted by Gasteiger charge is -2.25. The van der Waals surface area contributed by atoms with Gasteiger partial charge in [0.1, 0.15) is 22.3 Å². The van der Waals surface area contributed by atoms with Gasteiger partial charge in [-0.3, -0.25) is 0 Å². The second-order valence-corrected chi connectivity index (χ2v) is 11.0. The van der Waals surface area contributed by atoms with Gasteiger partial charge in [0.2, 0.25) is 0 Å². The fraction of sp³-hybridized carbons (Fsp3) is 0.214. The van der Waals surface area contributed by atoms with Gasteiger partial charge >= 0.3 is 6.03 Å². The Balaban J connectivity index is 1.56. The molecule has 1 aliphatic heterocycles. The van der Waals surface area contributed by atoms with Crippen LogP contribution in [0.4, 0.5) is 31.9 Å². The van der Waals surface area contributed by atoms with E-state index in [-0.39, 0.29) is 11.5 Å². The van der Waals surface area contributed by atoms with Crippen molar-refractivity contribution in [1.82, 2.24) is 4.98 Å². The van der Waals surface area contributed by atoms with Crippen molar-refractivity contribution in [2.45, 2.75) is 33.1 Å². The summed E-state index contributed by atoms with van der Waals surface area (Å²) in [5, 5.41) is 26.7. The second kappa shape index (κ2) is 9.08. The lowest BCUT2D eigenvalue weighted by molar-refractivity contribution is 0.262. The third-order valence-electron chi connectivity index (χ3n) is 6.54. The third-order valence-corrected chi connectivity index (χ3v) is 7.63. The van der Waals surface area contributed by atoms with Crippen molar-refractivity contribution in [2.24, 2.45) is 0 Å². The summed E-state index contributed by atoms with van der Waals surface area (Å²) in [5.41, 5.74) is 3.61. The number of hydrogen-bond acceptors (Lipinski definition) is 6. The van der Waals surface area contributed by atoms with Crippen LogP contribution < -0.4 is 15.5 Å². The van der Waals surface area contributed by atoms with E-state index >= 15 is 4.39 Å². The molecule has 0 fully saturated rings. The number of urea groups is 1. The van der Waals surface area contributed by atoms with Crippen molar-refractivity contribution in [3.63, 3.8) is 0 Å². The molecule has 4 aromatic rings. The Labute approximate surface area is 218 Å². The van der Waals surface area contributed by atoms with Crippen LogP contribution in [0.5, 0.6) is 11.5 Å². The van der Waals surface area contributed by atoms with E-state index in [2.05, 4.69) is 15.6 Å². The van der Waals surface area contributed by atoms with Gasteiger partial charge in [0.25, 0.3) is 0 Å². The minimum atomic E-state index is -0.529. The van der Waals surface area contributed by atoms with E-state index in [0.717, 1.165) is 16.6 Å². The number of amides is 2. The van der Waals surface area contributed by atoms with E-state index in [4.69, 9.17) is 0 Å². The molecule has 0 atom stereocenters. The van der Waals surface area contributed by atoms with Crippen LogP contribution in [-0.4, -0.2) is 27.8 Å². The summed E-state index contributed by atoms with van der Waals surface area (Å²) in [5.74, 6) is -0.583. The molecule has 0 saturated heterocycles. The SMILES string of the molecule is Cc1nc(-c2c(F)cc(O)c3c2C(C)(C)CN3c2ccccc2NC(=O)Nc2ccc(O)cc2)sc1C. The number of benzene rings is 3. The van der Waals surface area contributed by atoms with Gasteiger partial charge in [-0.15, -0.1) is 11.3 Å². The van der Waals surface area contributed by atoms with Crippen LogP contribution in [-0.2, 0) is 5.41 Å². The summed E-state index contributed by atoms with van der Waals surface area (Å²) in [7, 11) is 0. The number of fused-ring (bicyclic) bond motifs is 1. The van der Waals surface area contributed by atoms with Crippen molar-refractivity contribution in [1.29, 1.82) is 0 Å². The van der Waals surface area contributed by atoms with E-state index in [1.807, 2.05) is 44.7 Å². The predicted molar refractivity (Wildman–Crippen MR) is 146 cm³/mol. The van der Waals surface area contributed by atoms with Crippen molar-refractivity contribution in [3.8, 4) is 22.1 Å². The highest BCUT2D eigenvalue weighted by Crippen LogP contribution is 2.54. The number of hydrogen-bond donors (Lipinski definition) is 4. The highest BCUT2D eigenvalue weighted by atomic mass is 32.1. The number of phenols is 2. The van der Waals surface area contributed by atoms with E-state index in [0.29, 0.717) is 45.4 Å². The second-order valence-electron chi connectivity index (χ2n) is 9.75. The van der Waals surface area contributed by atoms with Crippen LogP contribution in [0.25, 0.3) is 10.6 Å². The zero-order valence-electron chi connectivity index (χ0n) is 20.9. The first-order chi connectivity index (χ1) is 17.5. The third kappa shape index (κ3) is 4.46. The maximum Gasteiger partial charge on any atom is 0.323 e. The van der Waals surface area contributed by atoms with Gasteiger partial charge in [-0.25, -0.2) is 14.2 Å². The molecule has 3 aromatic carbocycles. The lowest BCUT2D eigenvalue weighted by atomic mass is 9.83. The number of rotatable bonds is 4. The average Bonchev–Trinajstić information content (AvgIpc) is 3.31. The number of aromatic nitrogens is 1. The Bertz CT molecular complexity index is 1500. The number of phenolic OH excluding ortho intramolecular Hbond substituents is 2. The Morgan fingerprint density at radius 1 is 1.08 bits per heavy atom. The van der Waals surface area contributed by atoms with Crippen LogP contribution in [0, 0.1) is 19.7 Å². The van der Waals surface area contributed by atoms with E-state index < -0.39 is 17.3 Å². The minimum Gasteiger partial charge on any atom is -0.508 e. The Morgan fingerprint density at radius 2 is 1.78 bits per heavy atom. The Morgan fingerprint density at radius 3 is 2.46 bits per heavy atom. The van der Waals surface area contributed by atoms with Crippen LogP contribution in [0.2, 0.25) is 0 Å². The molecule has 0 unspecified atom stereocenters. The number of aromatic hydroxyl groups is 2. The minimum absolute atomic E-state index is 0.102. The zero-order chi connectivity index (χ0) is 26.5. The van der Waals surface area contributed by atoms with Crippen LogP contribution in [0.1, 0.15) is 30.0 Å². The molecule has 37 heavy (non-hydrogen) atoms. The Hall–Kier alpha value is -4.11. The number of thiazole rings is 1. The van der Waals surface area contributed by atoms with Crippen molar-refractivity contribution >= 4 is 40.1 Å². The van der Waals surface area contributed by atoms with Gasteiger partial charge < -0.3 is 25.7 Å². The maximum atomic E-state index is 15.4. The van der Waals surface area contributed by atoms with Crippen LogP contribution >= 0.6 is 11.3 Å². The fourth-order valence-electron chi connectivity index (χ4n) is 4.75. The van der Waals surface area contributed by atoms with Gasteiger partial charge in [0.05, 0.1) is 28.3 Å². The molecule has 0 saturated carbocycles. The first-order valence-corrected chi connectivity index (χ1v) is 12.6. The van der Waals surface area contributed by atoms with Gasteiger partial charge in [-0.1, -0.05) is 26.0 Å². The number of carbonyl (C=O) groups excluding carboxylic acids is 1. The van der Waals surface area contributed by atoms with E-state index in [1.165, 1.54) is 23.5 Å². The molecule has 0 radical (unpaired) electrons. The summed E-state index contributed by atoms with van der Waals surface area (Å²) in [4.78, 5) is 20.3. The molecular formula is C28H27FN4O3S. The Kier molecular flexibility index (Phi) is 6.03. The highest BCUT2D eigenvalue weighted by Gasteiger charge is 2.42. The summed E-state index contributed by atoms with van der Waals surface area (Å²) in [6.07, 6.45) is 0. The molecule has 5 rings (SSSR count). The van der Waals surface area contributed by atoms with E-state index in [9.17, 15) is 15.0 Å². The number of aryl methyl sites for hydroxylation is 2. The molecule has 2 amide bonds. The fourth-order valence-corrected chi connectivity index (χ4v) is 5.72. The highest BCUT2D eigenvalue weighted by molar-refractivity contribution is 7.15. The summed E-state index contributed by atoms with van der Waals surface area (Å²) < 4.78 is 15.4. The van der Waals surface area contributed by atoms with Crippen LogP contribution in [0.15, 0.2) is 54.6 Å². The number of anilines is 4. The first-order valence-electron chi connectivity index (χ1n) is 11.8. The molecule has 0 bridgehead atoms. The predicted octanol–water partition coefficient (Wildman–Crippen LogP) is 7.05. The lowest BCUT2D eigenvalue weighted by Crippen LogP contribution is -2.27. The first kappa shape index (κ1) is 24.6. The monoisotopic (exact) mass is 518 g/mol. The number of nitrogens with zero attached hydrogens (tertiary/aromatic N) is 2. The largest absolute Gasteiger partial charge is 0.508 e. The van der Waals surface area contributed by atoms with Crippen LogP contribution in [0.3, 0.4) is 0 Å². The van der Waals surface area contributed by atoms with Gasteiger partial charge in [-0.05, 0) is 50.2 Å². The number of carbonyl (C=O) groups is 1. The molecule has 2 heterocycles. The molecule has 190 valence electrons. The average molecular weight is 519 g/mol. The molecule has 1 aromatic heterocycles. The van der Waals surface area contributed by atoms with Crippen molar-refractivity contribution in [2.75, 3.05) is 22.1 Å². The number of nitrogens with one attached hydrogen (secondary N) is 2. The van der Waals surface area contributed by atoms with E-state index in [1.54, 1.807) is 24.3 Å². The molecule has 4 N–H and O–H groups in total. The van der Waals surface area contributed by atoms with Crippen molar-refractivity contribution < 1.29 is 19.4 Å². The quantitative estimate of drug-likeness (QED) is 0.217. The van der Waals surface area contributed by atoms with Crippen molar-refractivity contribution in [3.05, 3.63) is 76.5 Å². The molecule has 0 aliphatic carbocycles. The number of halogens is 1. The summed E-state index contributed by atoms with van der Waals surface area (Å²) in [6.45, 7) is 8.33. The molecule has 9 heteroatoms. The normalized spacial score (nSPS) is 13.9. The number of para-hydroxylation sites is 2. The smallest absolute Gasteiger partial charge is 0.323 e. The van der Waals surface area contributed by atoms with Gasteiger partial charge in [0, 0.05) is 34.2 Å². The molecular weight excluding hydrogens is 491 g/mol.